The molecule has 1 saturated heterocycles. The SMILES string of the molecule is Cc1cc([C@@H]2CCCN2S(=O)(=O)c2cccc(Cl)c2)on1. The van der Waals surface area contributed by atoms with Gasteiger partial charge >= 0.3 is 0 Å². The topological polar surface area (TPSA) is 63.4 Å². The molecule has 0 aliphatic carbocycles. The molecule has 1 aliphatic heterocycles. The fourth-order valence-electron chi connectivity index (χ4n) is 2.62. The normalized spacial score (nSPS) is 20.0. The van der Waals surface area contributed by atoms with Gasteiger partial charge in [-0.2, -0.15) is 4.31 Å². The minimum atomic E-state index is -3.59. The van der Waals surface area contributed by atoms with Crippen molar-refractivity contribution >= 4 is 21.6 Å². The minimum Gasteiger partial charge on any atom is -0.359 e. The summed E-state index contributed by atoms with van der Waals surface area (Å²) in [4.78, 5) is 0.207. The summed E-state index contributed by atoms with van der Waals surface area (Å²) in [6, 6.07) is 7.81. The highest BCUT2D eigenvalue weighted by Crippen LogP contribution is 2.37. The molecule has 0 bridgehead atoms. The first-order chi connectivity index (χ1) is 9.98. The number of aryl methyl sites for hydroxylation is 1. The molecule has 1 aliphatic rings. The second-order valence-electron chi connectivity index (χ2n) is 5.10. The van der Waals surface area contributed by atoms with E-state index in [2.05, 4.69) is 5.16 Å². The van der Waals surface area contributed by atoms with Gasteiger partial charge in [0.2, 0.25) is 10.0 Å². The zero-order chi connectivity index (χ0) is 15.0. The molecule has 0 radical (unpaired) electrons. The highest BCUT2D eigenvalue weighted by molar-refractivity contribution is 7.89. The summed E-state index contributed by atoms with van der Waals surface area (Å²) in [5, 5.41) is 4.25. The highest BCUT2D eigenvalue weighted by atomic mass is 35.5. The molecule has 1 fully saturated rings. The van der Waals surface area contributed by atoms with Crippen LogP contribution in [0.25, 0.3) is 0 Å². The lowest BCUT2D eigenvalue weighted by atomic mass is 10.2. The maximum Gasteiger partial charge on any atom is 0.243 e. The van der Waals surface area contributed by atoms with Crippen LogP contribution in [0.3, 0.4) is 0 Å². The van der Waals surface area contributed by atoms with Gasteiger partial charge in [-0.3, -0.25) is 0 Å². The summed E-state index contributed by atoms with van der Waals surface area (Å²) in [5.41, 5.74) is 0.747. The smallest absolute Gasteiger partial charge is 0.243 e. The molecule has 112 valence electrons. The van der Waals surface area contributed by atoms with E-state index in [0.717, 1.165) is 18.5 Å². The molecule has 2 aromatic rings. The Balaban J connectivity index is 1.98. The number of sulfonamides is 1. The van der Waals surface area contributed by atoms with Crippen LogP contribution in [0.5, 0.6) is 0 Å². The van der Waals surface area contributed by atoms with Gasteiger partial charge in [-0.05, 0) is 38.0 Å². The van der Waals surface area contributed by atoms with Gasteiger partial charge in [-0.15, -0.1) is 0 Å². The largest absolute Gasteiger partial charge is 0.359 e. The maximum absolute atomic E-state index is 12.8. The Bertz CT molecular complexity index is 757. The van der Waals surface area contributed by atoms with Crippen LogP contribution in [-0.2, 0) is 10.0 Å². The molecule has 5 nitrogen and oxygen atoms in total. The average Bonchev–Trinajstić information content (AvgIpc) is 3.07. The van der Waals surface area contributed by atoms with Crippen LogP contribution in [0.2, 0.25) is 5.02 Å². The Morgan fingerprint density at radius 1 is 1.38 bits per heavy atom. The third-order valence-corrected chi connectivity index (χ3v) is 5.72. The first-order valence-corrected chi connectivity index (χ1v) is 8.51. The van der Waals surface area contributed by atoms with E-state index in [9.17, 15) is 8.42 Å². The molecule has 0 spiro atoms. The molecule has 3 rings (SSSR count). The zero-order valence-electron chi connectivity index (χ0n) is 11.5. The van der Waals surface area contributed by atoms with Gasteiger partial charge in [0.1, 0.15) is 0 Å². The average molecular weight is 327 g/mol. The van der Waals surface area contributed by atoms with Crippen molar-refractivity contribution in [3.63, 3.8) is 0 Å². The van der Waals surface area contributed by atoms with Gasteiger partial charge in [0.25, 0.3) is 0 Å². The summed E-state index contributed by atoms with van der Waals surface area (Å²) in [6.07, 6.45) is 1.53. The van der Waals surface area contributed by atoms with Crippen molar-refractivity contribution in [1.82, 2.24) is 9.46 Å². The second-order valence-corrected chi connectivity index (χ2v) is 7.43. The Kier molecular flexibility index (Phi) is 3.77. The number of aromatic nitrogens is 1. The Morgan fingerprint density at radius 2 is 2.19 bits per heavy atom. The number of hydrogen-bond donors (Lipinski definition) is 0. The highest BCUT2D eigenvalue weighted by Gasteiger charge is 2.38. The van der Waals surface area contributed by atoms with Gasteiger partial charge in [-0.1, -0.05) is 22.8 Å². The van der Waals surface area contributed by atoms with E-state index >= 15 is 0 Å². The molecule has 0 amide bonds. The molecule has 0 unspecified atom stereocenters. The Labute approximate surface area is 128 Å². The standard InChI is InChI=1S/C14H15ClN2O3S/c1-10-8-14(20-16-10)13-6-3-7-17(13)21(18,19)12-5-2-4-11(15)9-12/h2,4-5,8-9,13H,3,6-7H2,1H3/t13-/m0/s1. The first kappa shape index (κ1) is 14.6. The molecule has 21 heavy (non-hydrogen) atoms. The van der Waals surface area contributed by atoms with Crippen LogP contribution in [0, 0.1) is 6.92 Å². The van der Waals surface area contributed by atoms with Gasteiger partial charge in [0.15, 0.2) is 5.76 Å². The predicted octanol–water partition coefficient (Wildman–Crippen LogP) is 3.16. The summed E-state index contributed by atoms with van der Waals surface area (Å²) in [6.45, 7) is 2.29. The molecule has 7 heteroatoms. The van der Waals surface area contributed by atoms with Gasteiger partial charge in [-0.25, -0.2) is 8.42 Å². The quantitative estimate of drug-likeness (QED) is 0.869. The lowest BCUT2D eigenvalue weighted by molar-refractivity contribution is 0.297. The van der Waals surface area contributed by atoms with E-state index in [1.807, 2.05) is 6.92 Å². The van der Waals surface area contributed by atoms with Crippen molar-refractivity contribution in [2.24, 2.45) is 0 Å². The lowest BCUT2D eigenvalue weighted by Crippen LogP contribution is -2.30. The van der Waals surface area contributed by atoms with Crippen LogP contribution in [0.1, 0.15) is 30.3 Å². The summed E-state index contributed by atoms with van der Waals surface area (Å²) in [7, 11) is -3.59. The molecule has 0 saturated carbocycles. The maximum atomic E-state index is 12.8. The number of rotatable bonds is 3. The Hall–Kier alpha value is -1.37. The molecule has 1 atom stereocenters. The van der Waals surface area contributed by atoms with Crippen molar-refractivity contribution in [3.05, 3.63) is 46.8 Å². The molecule has 1 aromatic carbocycles. The molecule has 1 aromatic heterocycles. The van der Waals surface area contributed by atoms with E-state index in [4.69, 9.17) is 16.1 Å². The number of halogens is 1. The van der Waals surface area contributed by atoms with Gasteiger partial charge in [0, 0.05) is 17.6 Å². The molecular formula is C14H15ClN2O3S. The minimum absolute atomic E-state index is 0.207. The van der Waals surface area contributed by atoms with Crippen molar-refractivity contribution in [2.75, 3.05) is 6.54 Å². The van der Waals surface area contributed by atoms with E-state index < -0.39 is 10.0 Å². The van der Waals surface area contributed by atoms with Crippen molar-refractivity contribution in [2.45, 2.75) is 30.7 Å². The van der Waals surface area contributed by atoms with Gasteiger partial charge < -0.3 is 4.52 Å². The van der Waals surface area contributed by atoms with Crippen molar-refractivity contribution < 1.29 is 12.9 Å². The number of benzene rings is 1. The van der Waals surface area contributed by atoms with Crippen LogP contribution in [0.4, 0.5) is 0 Å². The third-order valence-electron chi connectivity index (χ3n) is 3.58. The van der Waals surface area contributed by atoms with Gasteiger partial charge in [0.05, 0.1) is 16.6 Å². The third kappa shape index (κ3) is 2.71. The zero-order valence-corrected chi connectivity index (χ0v) is 13.1. The molecular weight excluding hydrogens is 312 g/mol. The van der Waals surface area contributed by atoms with E-state index in [1.165, 1.54) is 10.4 Å². The fourth-order valence-corrected chi connectivity index (χ4v) is 4.58. The number of hydrogen-bond acceptors (Lipinski definition) is 4. The summed E-state index contributed by atoms with van der Waals surface area (Å²) in [5.74, 6) is 0.593. The van der Waals surface area contributed by atoms with Crippen LogP contribution >= 0.6 is 11.6 Å². The van der Waals surface area contributed by atoms with E-state index in [-0.39, 0.29) is 10.9 Å². The van der Waals surface area contributed by atoms with Crippen molar-refractivity contribution in [1.29, 1.82) is 0 Å². The second kappa shape index (κ2) is 5.44. The van der Waals surface area contributed by atoms with E-state index in [0.29, 0.717) is 17.3 Å². The van der Waals surface area contributed by atoms with E-state index in [1.54, 1.807) is 24.3 Å². The predicted molar refractivity (Wildman–Crippen MR) is 78.6 cm³/mol. The number of nitrogens with zero attached hydrogens (tertiary/aromatic N) is 2. The first-order valence-electron chi connectivity index (χ1n) is 6.69. The lowest BCUT2D eigenvalue weighted by Gasteiger charge is -2.22. The molecule has 2 heterocycles. The van der Waals surface area contributed by atoms with Crippen molar-refractivity contribution in [3.8, 4) is 0 Å². The summed E-state index contributed by atoms with van der Waals surface area (Å²) < 4.78 is 32.3. The molecule has 0 N–H and O–H groups in total. The fraction of sp³-hybridized carbons (Fsp3) is 0.357. The van der Waals surface area contributed by atoms with Crippen LogP contribution in [-0.4, -0.2) is 24.4 Å². The van der Waals surface area contributed by atoms with Crippen LogP contribution < -0.4 is 0 Å². The Morgan fingerprint density at radius 3 is 2.86 bits per heavy atom. The monoisotopic (exact) mass is 326 g/mol. The van der Waals surface area contributed by atoms with Crippen LogP contribution in [0.15, 0.2) is 39.8 Å². The summed E-state index contributed by atoms with van der Waals surface area (Å²) >= 11 is 5.90.